The molecule has 3 aromatic carbocycles. The van der Waals surface area contributed by atoms with Gasteiger partial charge in [0, 0.05) is 0 Å². The zero-order valence-corrected chi connectivity index (χ0v) is 13.3. The van der Waals surface area contributed by atoms with Gasteiger partial charge in [0.1, 0.15) is 0 Å². The van der Waals surface area contributed by atoms with Crippen molar-refractivity contribution in [2.75, 3.05) is 0 Å². The normalized spacial score (nSPS) is 11.0. The first-order valence-electron chi connectivity index (χ1n) is 7.85. The molecule has 0 aromatic heterocycles. The third-order valence-electron chi connectivity index (χ3n) is 3.75. The van der Waals surface area contributed by atoms with Crippen LogP contribution in [0.3, 0.4) is 0 Å². The monoisotopic (exact) mass is 307 g/mol. The number of hydrogen-bond acceptors (Lipinski definition) is 1. The van der Waals surface area contributed by atoms with E-state index >= 15 is 0 Å². The van der Waals surface area contributed by atoms with E-state index in [1.807, 2.05) is 54.6 Å². The summed E-state index contributed by atoms with van der Waals surface area (Å²) in [7, 11) is 0. The largest absolute Gasteiger partial charge is 0.192 e. The smallest absolute Gasteiger partial charge is 0.0991 e. The second kappa shape index (κ2) is 7.76. The number of rotatable bonds is 4. The first-order valence-corrected chi connectivity index (χ1v) is 7.85. The van der Waals surface area contributed by atoms with Crippen molar-refractivity contribution in [1.29, 1.82) is 5.26 Å². The van der Waals surface area contributed by atoms with Crippen molar-refractivity contribution >= 4 is 24.3 Å². The lowest BCUT2D eigenvalue weighted by Crippen LogP contribution is -1.80. The van der Waals surface area contributed by atoms with Crippen LogP contribution < -0.4 is 0 Å². The first-order chi connectivity index (χ1) is 11.8. The highest BCUT2D eigenvalue weighted by Crippen LogP contribution is 2.16. The standard InChI is InChI=1S/C23H17N/c24-18-21-12-10-20(11-13-21)15-17-23-9-5-4-8-22(23)16-14-19-6-2-1-3-7-19/h1-17H/b16-14+,17-15?. The molecule has 0 amide bonds. The maximum Gasteiger partial charge on any atom is 0.0991 e. The molecule has 1 nitrogen and oxygen atoms in total. The van der Waals surface area contributed by atoms with Gasteiger partial charge in [-0.05, 0) is 34.4 Å². The molecule has 0 saturated heterocycles. The fraction of sp³-hybridized carbons (Fsp3) is 0. The fourth-order valence-electron chi connectivity index (χ4n) is 2.42. The Labute approximate surface area is 142 Å². The van der Waals surface area contributed by atoms with E-state index in [4.69, 9.17) is 5.26 Å². The van der Waals surface area contributed by atoms with Crippen molar-refractivity contribution in [1.82, 2.24) is 0 Å². The van der Waals surface area contributed by atoms with Gasteiger partial charge in [-0.2, -0.15) is 5.26 Å². The van der Waals surface area contributed by atoms with Crippen LogP contribution >= 0.6 is 0 Å². The van der Waals surface area contributed by atoms with Crippen LogP contribution in [0.25, 0.3) is 24.3 Å². The van der Waals surface area contributed by atoms with Crippen LogP contribution in [-0.2, 0) is 0 Å². The van der Waals surface area contributed by atoms with E-state index in [1.54, 1.807) is 0 Å². The van der Waals surface area contributed by atoms with Crippen molar-refractivity contribution in [3.8, 4) is 6.07 Å². The van der Waals surface area contributed by atoms with Gasteiger partial charge >= 0.3 is 0 Å². The van der Waals surface area contributed by atoms with Crippen molar-refractivity contribution in [2.45, 2.75) is 0 Å². The van der Waals surface area contributed by atoms with Gasteiger partial charge in [0.15, 0.2) is 0 Å². The van der Waals surface area contributed by atoms with Crippen LogP contribution in [-0.4, -0.2) is 0 Å². The molecule has 0 bridgehead atoms. The van der Waals surface area contributed by atoms with E-state index in [0.717, 1.165) is 11.1 Å². The van der Waals surface area contributed by atoms with Gasteiger partial charge in [0.2, 0.25) is 0 Å². The Kier molecular flexibility index (Phi) is 5.02. The third kappa shape index (κ3) is 4.09. The van der Waals surface area contributed by atoms with Gasteiger partial charge in [0.25, 0.3) is 0 Å². The Morgan fingerprint density at radius 1 is 0.542 bits per heavy atom. The van der Waals surface area contributed by atoms with Gasteiger partial charge in [-0.1, -0.05) is 91.0 Å². The lowest BCUT2D eigenvalue weighted by Gasteiger charge is -2.01. The van der Waals surface area contributed by atoms with E-state index in [0.29, 0.717) is 5.56 Å². The average molecular weight is 307 g/mol. The van der Waals surface area contributed by atoms with Crippen LogP contribution in [0.1, 0.15) is 27.8 Å². The molecule has 0 N–H and O–H groups in total. The lowest BCUT2D eigenvalue weighted by atomic mass is 10.0. The van der Waals surface area contributed by atoms with Crippen LogP contribution in [0.2, 0.25) is 0 Å². The van der Waals surface area contributed by atoms with Crippen LogP contribution in [0.15, 0.2) is 78.9 Å². The zero-order valence-electron chi connectivity index (χ0n) is 13.3. The predicted molar refractivity (Wildman–Crippen MR) is 102 cm³/mol. The number of nitrogens with zero attached hydrogens (tertiary/aromatic N) is 1. The minimum Gasteiger partial charge on any atom is -0.192 e. The summed E-state index contributed by atoms with van der Waals surface area (Å²) in [6, 6.07) is 28.3. The molecule has 1 heteroatoms. The predicted octanol–water partition coefficient (Wildman–Crippen LogP) is 5.90. The van der Waals surface area contributed by atoms with Gasteiger partial charge < -0.3 is 0 Å². The molecular weight excluding hydrogens is 290 g/mol. The topological polar surface area (TPSA) is 23.8 Å². The molecule has 0 heterocycles. The Balaban J connectivity index is 1.82. The molecular formula is C23H17N. The average Bonchev–Trinajstić information content (AvgIpc) is 2.66. The summed E-state index contributed by atoms with van der Waals surface area (Å²) >= 11 is 0. The quantitative estimate of drug-likeness (QED) is 0.550. The van der Waals surface area contributed by atoms with E-state index in [-0.39, 0.29) is 0 Å². The van der Waals surface area contributed by atoms with Crippen LogP contribution in [0, 0.1) is 11.3 Å². The molecule has 0 aliphatic carbocycles. The Hall–Kier alpha value is -3.37. The summed E-state index contributed by atoms with van der Waals surface area (Å²) in [4.78, 5) is 0. The number of hydrogen-bond donors (Lipinski definition) is 0. The summed E-state index contributed by atoms with van der Waals surface area (Å²) in [5.41, 5.74) is 5.28. The van der Waals surface area contributed by atoms with Gasteiger partial charge in [-0.25, -0.2) is 0 Å². The Morgan fingerprint density at radius 3 is 1.58 bits per heavy atom. The highest BCUT2D eigenvalue weighted by molar-refractivity contribution is 5.79. The molecule has 0 saturated carbocycles. The van der Waals surface area contributed by atoms with Crippen molar-refractivity contribution in [3.05, 3.63) is 107 Å². The van der Waals surface area contributed by atoms with Gasteiger partial charge in [0.05, 0.1) is 11.6 Å². The van der Waals surface area contributed by atoms with Gasteiger partial charge in [-0.3, -0.25) is 0 Å². The second-order valence-corrected chi connectivity index (χ2v) is 5.44. The van der Waals surface area contributed by atoms with E-state index in [9.17, 15) is 0 Å². The van der Waals surface area contributed by atoms with E-state index in [2.05, 4.69) is 54.6 Å². The summed E-state index contributed by atoms with van der Waals surface area (Å²) in [5, 5.41) is 8.85. The molecule has 0 unspecified atom stereocenters. The zero-order chi connectivity index (χ0) is 16.6. The maximum absolute atomic E-state index is 8.85. The minimum atomic E-state index is 0.679. The van der Waals surface area contributed by atoms with Gasteiger partial charge in [-0.15, -0.1) is 0 Å². The third-order valence-corrected chi connectivity index (χ3v) is 3.75. The molecule has 114 valence electrons. The summed E-state index contributed by atoms with van der Waals surface area (Å²) in [6.07, 6.45) is 8.42. The summed E-state index contributed by atoms with van der Waals surface area (Å²) in [6.45, 7) is 0. The molecule has 0 aliphatic heterocycles. The molecule has 24 heavy (non-hydrogen) atoms. The highest BCUT2D eigenvalue weighted by atomic mass is 14.2. The maximum atomic E-state index is 8.85. The minimum absolute atomic E-state index is 0.679. The lowest BCUT2D eigenvalue weighted by molar-refractivity contribution is 1.48. The molecule has 0 fully saturated rings. The van der Waals surface area contributed by atoms with E-state index < -0.39 is 0 Å². The highest BCUT2D eigenvalue weighted by Gasteiger charge is 1.95. The summed E-state index contributed by atoms with van der Waals surface area (Å²) < 4.78 is 0. The number of nitriles is 1. The molecule has 0 spiro atoms. The SMILES string of the molecule is N#Cc1ccc(C=Cc2ccccc2/C=C/c2ccccc2)cc1. The number of benzene rings is 3. The molecule has 0 aliphatic rings. The second-order valence-electron chi connectivity index (χ2n) is 5.44. The Morgan fingerprint density at radius 2 is 1.04 bits per heavy atom. The van der Waals surface area contributed by atoms with Crippen LogP contribution in [0.5, 0.6) is 0 Å². The van der Waals surface area contributed by atoms with Crippen molar-refractivity contribution < 1.29 is 0 Å². The summed E-state index contributed by atoms with van der Waals surface area (Å²) in [5.74, 6) is 0. The van der Waals surface area contributed by atoms with Crippen molar-refractivity contribution in [2.24, 2.45) is 0 Å². The molecule has 0 atom stereocenters. The Bertz CT molecular complexity index is 895. The van der Waals surface area contributed by atoms with E-state index in [1.165, 1.54) is 11.1 Å². The van der Waals surface area contributed by atoms with Crippen molar-refractivity contribution in [3.63, 3.8) is 0 Å². The molecule has 0 radical (unpaired) electrons. The molecule has 3 aromatic rings. The fourth-order valence-corrected chi connectivity index (χ4v) is 2.42. The van der Waals surface area contributed by atoms with Crippen LogP contribution in [0.4, 0.5) is 0 Å². The first kappa shape index (κ1) is 15.5. The molecule has 3 rings (SSSR count).